The summed E-state index contributed by atoms with van der Waals surface area (Å²) in [5.74, 6) is -0.519. The van der Waals surface area contributed by atoms with Crippen molar-refractivity contribution in [2.24, 2.45) is 0 Å². The average molecular weight is 1200 g/mol. The van der Waals surface area contributed by atoms with Crippen molar-refractivity contribution in [2.75, 3.05) is 40.9 Å². The highest BCUT2D eigenvalue weighted by Crippen LogP contribution is 2.38. The molecule has 0 radical (unpaired) electrons. The van der Waals surface area contributed by atoms with Crippen LogP contribution >= 0.6 is 7.82 Å². The number of amides is 1. The number of rotatable bonds is 68. The molecule has 0 aliphatic rings. The predicted molar refractivity (Wildman–Crippen MR) is 363 cm³/mol. The number of ether oxygens (including phenoxy) is 1. The summed E-state index contributed by atoms with van der Waals surface area (Å²) in [6.45, 7) is 6.89. The molecule has 0 aromatic rings. The van der Waals surface area contributed by atoms with Crippen LogP contribution in [0.15, 0.2) is 36.5 Å². The Bertz CT molecular complexity index is 1530. The molecule has 84 heavy (non-hydrogen) atoms. The van der Waals surface area contributed by atoms with E-state index in [1.54, 1.807) is 0 Å². The third-order valence-electron chi connectivity index (χ3n) is 16.8. The maximum absolute atomic E-state index is 13.6. The highest BCUT2D eigenvalue weighted by Gasteiger charge is 2.27. The Kier molecular flexibility index (Phi) is 62.9. The van der Waals surface area contributed by atoms with Crippen molar-refractivity contribution in [3.05, 3.63) is 36.5 Å². The molecule has 0 bridgehead atoms. The SMILES string of the molecule is CCCCC/C=C\C/C=C\CCCCCCCCCCCCCCCCCC(=O)OC(/C=C/CCCCCCCCCCCC)C(COP(=O)([O-])OCC[N+](C)(C)C)NC(=O)CCCCCCCCCCCCCCCCCCCCCCC. The van der Waals surface area contributed by atoms with Gasteiger partial charge in [0.25, 0.3) is 7.82 Å². The number of phosphoric acid groups is 1. The van der Waals surface area contributed by atoms with Gasteiger partial charge in [-0.2, -0.15) is 0 Å². The van der Waals surface area contributed by atoms with Crippen LogP contribution in [0.5, 0.6) is 0 Å². The smallest absolute Gasteiger partial charge is 0.306 e. The molecule has 0 saturated heterocycles. The van der Waals surface area contributed by atoms with Gasteiger partial charge in [0, 0.05) is 12.8 Å². The molecule has 1 N–H and O–H groups in total. The van der Waals surface area contributed by atoms with Gasteiger partial charge in [-0.05, 0) is 63.9 Å². The van der Waals surface area contributed by atoms with Crippen LogP contribution in [-0.2, 0) is 27.9 Å². The molecule has 0 aromatic heterocycles. The standard InChI is InChI=1S/C74H143N2O7P/c1-7-10-13-16-19-22-25-28-30-32-34-36-37-38-39-41-43-45-47-49-52-55-58-61-64-67-74(78)83-72(65-62-59-56-53-50-27-24-21-18-15-12-9-3)71(70-82-84(79,80)81-69-68-76(4,5)6)75-73(77)66-63-60-57-54-51-48-46-44-42-40-35-33-31-29-26-23-20-17-14-11-8-2/h19,22,28,30,62,65,71-72H,7-18,20-21,23-27,29,31-61,63-64,66-70H2,1-6H3,(H-,75,77,79,80)/b22-19-,30-28-,65-62+. The van der Waals surface area contributed by atoms with Gasteiger partial charge in [-0.15, -0.1) is 0 Å². The maximum atomic E-state index is 13.6. The fourth-order valence-corrected chi connectivity index (χ4v) is 11.9. The van der Waals surface area contributed by atoms with Crippen LogP contribution in [0.2, 0.25) is 0 Å². The quantitative estimate of drug-likeness (QED) is 0.0212. The summed E-state index contributed by atoms with van der Waals surface area (Å²) in [5, 5.41) is 3.05. The molecule has 0 aromatic carbocycles. The van der Waals surface area contributed by atoms with Gasteiger partial charge in [0.05, 0.1) is 33.8 Å². The highest BCUT2D eigenvalue weighted by molar-refractivity contribution is 7.45. The zero-order valence-electron chi connectivity index (χ0n) is 56.9. The zero-order chi connectivity index (χ0) is 61.4. The van der Waals surface area contributed by atoms with Crippen LogP contribution < -0.4 is 10.2 Å². The molecular formula is C74H143N2O7P. The Labute approximate surface area is 523 Å². The van der Waals surface area contributed by atoms with E-state index in [9.17, 15) is 19.0 Å². The molecule has 10 heteroatoms. The summed E-state index contributed by atoms with van der Waals surface area (Å²) >= 11 is 0. The largest absolute Gasteiger partial charge is 0.756 e. The number of hydrogen-bond donors (Lipinski definition) is 1. The molecule has 0 aliphatic heterocycles. The number of carbonyl (C=O) groups excluding carboxylic acids is 2. The Morgan fingerprint density at radius 3 is 1.10 bits per heavy atom. The van der Waals surface area contributed by atoms with Crippen LogP contribution in [0, 0.1) is 0 Å². The van der Waals surface area contributed by atoms with E-state index < -0.39 is 20.0 Å². The van der Waals surface area contributed by atoms with Crippen molar-refractivity contribution in [2.45, 2.75) is 386 Å². The second-order valence-electron chi connectivity index (χ2n) is 26.5. The predicted octanol–water partition coefficient (Wildman–Crippen LogP) is 22.8. The van der Waals surface area contributed by atoms with Crippen LogP contribution in [0.1, 0.15) is 374 Å². The number of esters is 1. The number of unbranched alkanes of at least 4 members (excludes halogenated alkanes) is 48. The summed E-state index contributed by atoms with van der Waals surface area (Å²) in [5.41, 5.74) is 0. The summed E-state index contributed by atoms with van der Waals surface area (Å²) in [4.78, 5) is 40.2. The van der Waals surface area contributed by atoms with Crippen LogP contribution in [0.25, 0.3) is 0 Å². The molecule has 3 unspecified atom stereocenters. The van der Waals surface area contributed by atoms with Gasteiger partial charge in [-0.3, -0.25) is 14.2 Å². The molecule has 0 saturated carbocycles. The van der Waals surface area contributed by atoms with Gasteiger partial charge >= 0.3 is 5.97 Å². The van der Waals surface area contributed by atoms with E-state index in [2.05, 4.69) is 50.4 Å². The van der Waals surface area contributed by atoms with Crippen LogP contribution in [0.4, 0.5) is 0 Å². The third-order valence-corrected chi connectivity index (χ3v) is 17.8. The average Bonchev–Trinajstić information content (AvgIpc) is 3.64. The minimum atomic E-state index is -4.70. The lowest BCUT2D eigenvalue weighted by molar-refractivity contribution is -0.870. The molecule has 3 atom stereocenters. The topological polar surface area (TPSA) is 114 Å². The van der Waals surface area contributed by atoms with Crippen LogP contribution in [0.3, 0.4) is 0 Å². The first kappa shape index (κ1) is 82.2. The van der Waals surface area contributed by atoms with Crippen molar-refractivity contribution in [3.63, 3.8) is 0 Å². The fraction of sp³-hybridized carbons (Fsp3) is 0.892. The first-order valence-corrected chi connectivity index (χ1v) is 38.3. The maximum Gasteiger partial charge on any atom is 0.306 e. The van der Waals surface area contributed by atoms with Crippen molar-refractivity contribution in [1.82, 2.24) is 5.32 Å². The Morgan fingerprint density at radius 2 is 0.726 bits per heavy atom. The molecule has 0 heterocycles. The molecule has 0 rings (SSSR count). The van der Waals surface area contributed by atoms with Crippen molar-refractivity contribution in [1.29, 1.82) is 0 Å². The van der Waals surface area contributed by atoms with Gasteiger partial charge in [0.1, 0.15) is 19.3 Å². The Hall–Kier alpha value is -1.77. The minimum Gasteiger partial charge on any atom is -0.756 e. The number of phosphoric ester groups is 1. The summed E-state index contributed by atoms with van der Waals surface area (Å²) in [6, 6.07) is -0.884. The molecule has 0 fully saturated rings. The lowest BCUT2D eigenvalue weighted by Crippen LogP contribution is -2.47. The van der Waals surface area contributed by atoms with Gasteiger partial charge in [-0.25, -0.2) is 0 Å². The molecule has 0 spiro atoms. The number of hydrogen-bond acceptors (Lipinski definition) is 7. The van der Waals surface area contributed by atoms with Crippen molar-refractivity contribution in [3.8, 4) is 0 Å². The summed E-state index contributed by atoms with van der Waals surface area (Å²) in [7, 11) is 1.21. The first-order chi connectivity index (χ1) is 40.9. The second kappa shape index (κ2) is 64.2. The number of carbonyl (C=O) groups is 2. The number of likely N-dealkylation sites (N-methyl/N-ethyl adjacent to an activating group) is 1. The van der Waals surface area contributed by atoms with Gasteiger partial charge in [0.2, 0.25) is 5.91 Å². The van der Waals surface area contributed by atoms with E-state index in [4.69, 9.17) is 13.8 Å². The van der Waals surface area contributed by atoms with E-state index in [0.717, 1.165) is 64.2 Å². The van der Waals surface area contributed by atoms with Gasteiger partial charge in [0.15, 0.2) is 0 Å². The van der Waals surface area contributed by atoms with Crippen molar-refractivity contribution < 1.29 is 37.3 Å². The molecule has 0 aliphatic carbocycles. The van der Waals surface area contributed by atoms with E-state index in [1.807, 2.05) is 33.3 Å². The lowest BCUT2D eigenvalue weighted by Gasteiger charge is -2.30. The molecule has 9 nitrogen and oxygen atoms in total. The Morgan fingerprint density at radius 1 is 0.417 bits per heavy atom. The van der Waals surface area contributed by atoms with Crippen LogP contribution in [-0.4, -0.2) is 69.4 Å². The number of allylic oxidation sites excluding steroid dienone is 5. The van der Waals surface area contributed by atoms with E-state index >= 15 is 0 Å². The summed E-state index contributed by atoms with van der Waals surface area (Å²) < 4.78 is 30.5. The lowest BCUT2D eigenvalue weighted by atomic mass is 10.0. The number of quaternary nitrogens is 1. The van der Waals surface area contributed by atoms with Gasteiger partial charge < -0.3 is 28.5 Å². The Balaban J connectivity index is 4.99. The fourth-order valence-electron chi connectivity index (χ4n) is 11.1. The van der Waals surface area contributed by atoms with E-state index in [-0.39, 0.29) is 31.5 Å². The molecule has 496 valence electrons. The monoisotopic (exact) mass is 1200 g/mol. The first-order valence-electron chi connectivity index (χ1n) is 36.8. The van der Waals surface area contributed by atoms with Gasteiger partial charge in [-0.1, -0.05) is 334 Å². The zero-order valence-corrected chi connectivity index (χ0v) is 57.8. The minimum absolute atomic E-state index is 0.0187. The number of nitrogens with zero attached hydrogens (tertiary/aromatic N) is 1. The molecular weight excluding hydrogens is 1060 g/mol. The normalized spacial score (nSPS) is 13.7. The molecule has 1 amide bonds. The third kappa shape index (κ3) is 64.7. The number of nitrogens with one attached hydrogen (secondary N) is 1. The van der Waals surface area contributed by atoms with E-state index in [0.29, 0.717) is 17.4 Å². The highest BCUT2D eigenvalue weighted by atomic mass is 31.2. The van der Waals surface area contributed by atoms with Crippen molar-refractivity contribution >= 4 is 19.7 Å². The summed E-state index contributed by atoms with van der Waals surface area (Å²) in [6.07, 6.45) is 79.9. The second-order valence-corrected chi connectivity index (χ2v) is 27.9. The van der Waals surface area contributed by atoms with E-state index in [1.165, 1.54) is 276 Å².